The second-order valence-electron chi connectivity index (χ2n) is 8.93. The van der Waals surface area contributed by atoms with Gasteiger partial charge in [0.1, 0.15) is 5.75 Å². The van der Waals surface area contributed by atoms with E-state index in [9.17, 15) is 4.79 Å². The minimum absolute atomic E-state index is 0.0480. The molecule has 1 saturated carbocycles. The Kier molecular flexibility index (Phi) is 5.56. The van der Waals surface area contributed by atoms with Gasteiger partial charge in [-0.2, -0.15) is 0 Å². The quantitative estimate of drug-likeness (QED) is 0.529. The van der Waals surface area contributed by atoms with E-state index in [-0.39, 0.29) is 11.9 Å². The first-order chi connectivity index (χ1) is 15.6. The van der Waals surface area contributed by atoms with Crippen molar-refractivity contribution >= 4 is 12.0 Å². The third-order valence-electron chi connectivity index (χ3n) is 6.47. The van der Waals surface area contributed by atoms with E-state index in [4.69, 9.17) is 4.74 Å². The summed E-state index contributed by atoms with van der Waals surface area (Å²) in [4.78, 5) is 17.6. The predicted octanol–water partition coefficient (Wildman–Crippen LogP) is 5.18. The van der Waals surface area contributed by atoms with Crippen molar-refractivity contribution in [2.24, 2.45) is 5.92 Å². The SMILES string of the molecule is COc1cc(C=C(CC2CC2)C(=O)NC2CCc3ccccc32)ccc1-n1cnc(C)c1. The van der Waals surface area contributed by atoms with Crippen LogP contribution in [-0.2, 0) is 11.2 Å². The molecule has 0 aliphatic heterocycles. The van der Waals surface area contributed by atoms with Crippen molar-refractivity contribution in [2.45, 2.75) is 45.1 Å². The van der Waals surface area contributed by atoms with Gasteiger partial charge >= 0.3 is 0 Å². The highest BCUT2D eigenvalue weighted by Gasteiger charge is 2.28. The molecular weight excluding hydrogens is 398 g/mol. The van der Waals surface area contributed by atoms with Gasteiger partial charge in [0, 0.05) is 11.8 Å². The number of hydrogen-bond donors (Lipinski definition) is 1. The summed E-state index contributed by atoms with van der Waals surface area (Å²) in [5.74, 6) is 1.43. The third kappa shape index (κ3) is 4.33. The predicted molar refractivity (Wildman–Crippen MR) is 126 cm³/mol. The fourth-order valence-electron chi connectivity index (χ4n) is 4.56. The Morgan fingerprint density at radius 1 is 1.22 bits per heavy atom. The van der Waals surface area contributed by atoms with Crippen LogP contribution in [0.3, 0.4) is 0 Å². The summed E-state index contributed by atoms with van der Waals surface area (Å²) in [6, 6.07) is 14.6. The summed E-state index contributed by atoms with van der Waals surface area (Å²) < 4.78 is 7.61. The fraction of sp³-hybridized carbons (Fsp3) is 0.333. The van der Waals surface area contributed by atoms with Gasteiger partial charge in [0.25, 0.3) is 0 Å². The number of hydrogen-bond acceptors (Lipinski definition) is 3. The topological polar surface area (TPSA) is 56.1 Å². The average molecular weight is 428 g/mol. The first-order valence-electron chi connectivity index (χ1n) is 11.4. The maximum absolute atomic E-state index is 13.3. The van der Waals surface area contributed by atoms with Crippen molar-refractivity contribution in [3.05, 3.63) is 82.9 Å². The van der Waals surface area contributed by atoms with Crippen LogP contribution in [0, 0.1) is 12.8 Å². The van der Waals surface area contributed by atoms with Crippen molar-refractivity contribution in [1.29, 1.82) is 0 Å². The maximum Gasteiger partial charge on any atom is 0.247 e. The number of fused-ring (bicyclic) bond motifs is 1. The minimum atomic E-state index is 0.0480. The number of benzene rings is 2. The molecule has 1 fully saturated rings. The zero-order valence-electron chi connectivity index (χ0n) is 18.7. The molecule has 1 aromatic heterocycles. The molecule has 0 saturated heterocycles. The van der Waals surface area contributed by atoms with Crippen LogP contribution in [0.15, 0.2) is 60.6 Å². The smallest absolute Gasteiger partial charge is 0.247 e. The van der Waals surface area contributed by atoms with Gasteiger partial charge in [0.2, 0.25) is 5.91 Å². The largest absolute Gasteiger partial charge is 0.495 e. The number of rotatable bonds is 7. The van der Waals surface area contributed by atoms with Crippen LogP contribution in [0.5, 0.6) is 5.75 Å². The van der Waals surface area contributed by atoms with Crippen LogP contribution in [0.25, 0.3) is 11.8 Å². The molecule has 2 aromatic carbocycles. The normalized spacial score (nSPS) is 17.8. The van der Waals surface area contributed by atoms with Gasteiger partial charge < -0.3 is 14.6 Å². The second-order valence-corrected chi connectivity index (χ2v) is 8.93. The van der Waals surface area contributed by atoms with E-state index in [2.05, 4.69) is 34.6 Å². The molecular formula is C27H29N3O2. The summed E-state index contributed by atoms with van der Waals surface area (Å²) in [5.41, 5.74) is 6.31. The van der Waals surface area contributed by atoms with Crippen LogP contribution >= 0.6 is 0 Å². The molecule has 1 unspecified atom stereocenters. The summed E-state index contributed by atoms with van der Waals surface area (Å²) in [6.07, 6.45) is 11.0. The Bertz CT molecular complexity index is 1170. The molecule has 1 atom stereocenters. The molecule has 1 N–H and O–H groups in total. The molecule has 2 aliphatic rings. The van der Waals surface area contributed by atoms with Crippen LogP contribution in [0.4, 0.5) is 0 Å². The summed E-state index contributed by atoms with van der Waals surface area (Å²) >= 11 is 0. The number of methoxy groups -OCH3 is 1. The van der Waals surface area contributed by atoms with Crippen LogP contribution in [0.1, 0.15) is 54.1 Å². The van der Waals surface area contributed by atoms with Crippen LogP contribution < -0.4 is 10.1 Å². The molecule has 5 nitrogen and oxygen atoms in total. The number of imidazole rings is 1. The fourth-order valence-corrected chi connectivity index (χ4v) is 4.56. The molecule has 0 spiro atoms. The monoisotopic (exact) mass is 427 g/mol. The highest BCUT2D eigenvalue weighted by Crippen LogP contribution is 2.37. The molecule has 5 rings (SSSR count). The van der Waals surface area contributed by atoms with Gasteiger partial charge in [-0.3, -0.25) is 4.79 Å². The lowest BCUT2D eigenvalue weighted by atomic mass is 10.0. The Labute approximate surface area is 189 Å². The number of aryl methyl sites for hydroxylation is 2. The number of nitrogens with one attached hydrogen (secondary N) is 1. The van der Waals surface area contributed by atoms with E-state index in [0.717, 1.165) is 47.5 Å². The lowest BCUT2D eigenvalue weighted by molar-refractivity contribution is -0.118. The van der Waals surface area contributed by atoms with Crippen molar-refractivity contribution in [3.63, 3.8) is 0 Å². The van der Waals surface area contributed by atoms with Crippen LogP contribution in [0.2, 0.25) is 0 Å². The van der Waals surface area contributed by atoms with E-state index < -0.39 is 0 Å². The molecule has 3 aromatic rings. The van der Waals surface area contributed by atoms with E-state index >= 15 is 0 Å². The third-order valence-corrected chi connectivity index (χ3v) is 6.47. The van der Waals surface area contributed by atoms with E-state index in [1.165, 1.54) is 24.0 Å². The van der Waals surface area contributed by atoms with Gasteiger partial charge in [-0.05, 0) is 79.8 Å². The highest BCUT2D eigenvalue weighted by atomic mass is 16.5. The highest BCUT2D eigenvalue weighted by molar-refractivity contribution is 5.98. The average Bonchev–Trinajstić information content (AvgIpc) is 3.38. The number of carbonyl (C=O) groups is 1. The molecule has 0 bridgehead atoms. The number of ether oxygens (including phenoxy) is 1. The maximum atomic E-state index is 13.3. The van der Waals surface area contributed by atoms with Crippen molar-refractivity contribution in [2.75, 3.05) is 7.11 Å². The van der Waals surface area contributed by atoms with Gasteiger partial charge in [0.05, 0.1) is 30.9 Å². The zero-order chi connectivity index (χ0) is 22.1. The van der Waals surface area contributed by atoms with Crippen molar-refractivity contribution in [3.8, 4) is 11.4 Å². The summed E-state index contributed by atoms with van der Waals surface area (Å²) in [5, 5.41) is 3.31. The minimum Gasteiger partial charge on any atom is -0.495 e. The molecule has 164 valence electrons. The van der Waals surface area contributed by atoms with Gasteiger partial charge in [-0.1, -0.05) is 30.3 Å². The van der Waals surface area contributed by atoms with Crippen molar-refractivity contribution in [1.82, 2.24) is 14.9 Å². The van der Waals surface area contributed by atoms with Gasteiger partial charge in [-0.25, -0.2) is 4.98 Å². The Morgan fingerprint density at radius 3 is 2.81 bits per heavy atom. The van der Waals surface area contributed by atoms with Gasteiger partial charge in [-0.15, -0.1) is 0 Å². The standard InChI is InChI=1S/C27H29N3O2/c1-18-16-30(17-28-18)25-12-9-20(15-26(25)32-2)14-22(13-19-7-8-19)27(31)29-24-11-10-21-5-3-4-6-23(21)24/h3-6,9,12,14-17,19,24H,7-8,10-11,13H2,1-2H3,(H,29,31). The Morgan fingerprint density at radius 2 is 2.06 bits per heavy atom. The second kappa shape index (κ2) is 8.65. The zero-order valence-corrected chi connectivity index (χ0v) is 18.7. The first kappa shape index (κ1) is 20.6. The molecule has 1 amide bonds. The first-order valence-corrected chi connectivity index (χ1v) is 11.4. The Hall–Kier alpha value is -3.34. The number of nitrogens with zero attached hydrogens (tertiary/aromatic N) is 2. The number of aromatic nitrogens is 2. The molecule has 0 radical (unpaired) electrons. The lowest BCUT2D eigenvalue weighted by Crippen LogP contribution is -2.28. The van der Waals surface area contributed by atoms with E-state index in [1.807, 2.05) is 42.0 Å². The molecule has 32 heavy (non-hydrogen) atoms. The number of carbonyl (C=O) groups excluding carboxylic acids is 1. The Balaban J connectivity index is 1.40. The van der Waals surface area contributed by atoms with E-state index in [0.29, 0.717) is 5.92 Å². The summed E-state index contributed by atoms with van der Waals surface area (Å²) in [6.45, 7) is 1.96. The van der Waals surface area contributed by atoms with E-state index in [1.54, 1.807) is 13.4 Å². The van der Waals surface area contributed by atoms with Gasteiger partial charge in [0.15, 0.2) is 0 Å². The molecule has 1 heterocycles. The number of amides is 1. The van der Waals surface area contributed by atoms with Crippen molar-refractivity contribution < 1.29 is 9.53 Å². The van der Waals surface area contributed by atoms with Crippen LogP contribution in [-0.4, -0.2) is 22.6 Å². The summed E-state index contributed by atoms with van der Waals surface area (Å²) in [7, 11) is 1.67. The molecule has 2 aliphatic carbocycles. The lowest BCUT2D eigenvalue weighted by Gasteiger charge is -2.16. The molecule has 5 heteroatoms.